The summed E-state index contributed by atoms with van der Waals surface area (Å²) in [5, 5.41) is 3.95. The Morgan fingerprint density at radius 3 is 2.73 bits per heavy atom. The van der Waals surface area contributed by atoms with Crippen LogP contribution in [0.15, 0.2) is 65.8 Å². The molecule has 0 unspecified atom stereocenters. The summed E-state index contributed by atoms with van der Waals surface area (Å²) in [6.07, 6.45) is 5.06. The summed E-state index contributed by atoms with van der Waals surface area (Å²) in [5.74, 6) is 1.32. The molecule has 0 atom stereocenters. The van der Waals surface area contributed by atoms with Crippen LogP contribution in [0.4, 0.5) is 11.5 Å². The number of nitrogens with one attached hydrogen (secondary N) is 2. The van der Waals surface area contributed by atoms with Gasteiger partial charge in [0.2, 0.25) is 0 Å². The lowest BCUT2D eigenvalue weighted by Crippen LogP contribution is -2.13. The highest BCUT2D eigenvalue weighted by atomic mass is 16.5. The summed E-state index contributed by atoms with van der Waals surface area (Å²) in [7, 11) is 1.63. The van der Waals surface area contributed by atoms with Gasteiger partial charge >= 0.3 is 5.69 Å². The number of aromatic amines is 1. The molecule has 1 aromatic carbocycles. The molecular weight excluding hydrogens is 330 g/mol. The molecule has 0 fully saturated rings. The van der Waals surface area contributed by atoms with Crippen LogP contribution in [0.5, 0.6) is 5.75 Å². The summed E-state index contributed by atoms with van der Waals surface area (Å²) in [6, 6.07) is 13.2. The van der Waals surface area contributed by atoms with E-state index in [1.165, 1.54) is 0 Å². The zero-order valence-corrected chi connectivity index (χ0v) is 13.9. The van der Waals surface area contributed by atoms with E-state index in [2.05, 4.69) is 25.3 Å². The number of rotatable bonds is 4. The molecule has 2 N–H and O–H groups in total. The van der Waals surface area contributed by atoms with Crippen LogP contribution in [0, 0.1) is 0 Å². The van der Waals surface area contributed by atoms with E-state index >= 15 is 0 Å². The van der Waals surface area contributed by atoms with Gasteiger partial charge in [-0.05, 0) is 35.9 Å². The zero-order chi connectivity index (χ0) is 17.9. The molecule has 0 aliphatic carbocycles. The van der Waals surface area contributed by atoms with Crippen molar-refractivity contribution < 1.29 is 4.74 Å². The molecule has 0 aliphatic heterocycles. The van der Waals surface area contributed by atoms with Crippen molar-refractivity contribution >= 4 is 22.5 Å². The predicted molar refractivity (Wildman–Crippen MR) is 99.7 cm³/mol. The number of fused-ring (bicyclic) bond motifs is 1. The third-order valence-electron chi connectivity index (χ3n) is 3.96. The van der Waals surface area contributed by atoms with E-state index in [1.54, 1.807) is 31.8 Å². The minimum atomic E-state index is -0.449. The Bertz CT molecular complexity index is 1120. The number of aromatic nitrogens is 4. The maximum absolute atomic E-state index is 11.7. The van der Waals surface area contributed by atoms with Crippen LogP contribution in [-0.2, 0) is 0 Å². The Morgan fingerprint density at radius 2 is 1.92 bits per heavy atom. The molecule has 0 amide bonds. The van der Waals surface area contributed by atoms with Crippen molar-refractivity contribution in [3.63, 3.8) is 0 Å². The van der Waals surface area contributed by atoms with Gasteiger partial charge in [-0.25, -0.2) is 9.78 Å². The van der Waals surface area contributed by atoms with Gasteiger partial charge in [0.15, 0.2) is 5.65 Å². The number of ether oxygens (including phenoxy) is 1. The zero-order valence-electron chi connectivity index (χ0n) is 13.9. The second-order valence-corrected chi connectivity index (χ2v) is 5.57. The van der Waals surface area contributed by atoms with Gasteiger partial charge in [-0.2, -0.15) is 4.98 Å². The fourth-order valence-electron chi connectivity index (χ4n) is 2.73. The van der Waals surface area contributed by atoms with E-state index in [4.69, 9.17) is 4.74 Å². The van der Waals surface area contributed by atoms with Crippen molar-refractivity contribution in [2.75, 3.05) is 12.4 Å². The number of methoxy groups -OCH3 is 1. The maximum Gasteiger partial charge on any atom is 0.348 e. The third-order valence-corrected chi connectivity index (χ3v) is 3.96. The molecule has 3 heterocycles. The second-order valence-electron chi connectivity index (χ2n) is 5.57. The van der Waals surface area contributed by atoms with Gasteiger partial charge in [-0.3, -0.25) is 9.97 Å². The Labute approximate surface area is 148 Å². The van der Waals surface area contributed by atoms with Crippen LogP contribution < -0.4 is 15.7 Å². The van der Waals surface area contributed by atoms with Crippen LogP contribution in [0.2, 0.25) is 0 Å². The molecule has 7 nitrogen and oxygen atoms in total. The number of hydrogen-bond donors (Lipinski definition) is 2. The van der Waals surface area contributed by atoms with Crippen molar-refractivity contribution in [1.29, 1.82) is 0 Å². The molecule has 0 spiro atoms. The molecule has 0 saturated heterocycles. The van der Waals surface area contributed by atoms with Crippen LogP contribution in [0.1, 0.15) is 0 Å². The van der Waals surface area contributed by atoms with Gasteiger partial charge < -0.3 is 10.1 Å². The first-order valence-corrected chi connectivity index (χ1v) is 7.95. The summed E-state index contributed by atoms with van der Waals surface area (Å²) in [6.45, 7) is 0. The van der Waals surface area contributed by atoms with E-state index < -0.39 is 5.69 Å². The van der Waals surface area contributed by atoms with Crippen LogP contribution in [0.3, 0.4) is 0 Å². The molecule has 128 valence electrons. The number of benzene rings is 1. The predicted octanol–water partition coefficient (Wildman–Crippen LogP) is 3.13. The normalized spacial score (nSPS) is 10.7. The van der Waals surface area contributed by atoms with Crippen LogP contribution in [-0.4, -0.2) is 27.0 Å². The van der Waals surface area contributed by atoms with Crippen LogP contribution in [0.25, 0.3) is 22.2 Å². The van der Waals surface area contributed by atoms with E-state index in [-0.39, 0.29) is 0 Å². The largest absolute Gasteiger partial charge is 0.496 e. The average Bonchev–Trinajstić information content (AvgIpc) is 2.68. The quantitative estimate of drug-likeness (QED) is 0.590. The lowest BCUT2D eigenvalue weighted by atomic mass is 10.1. The van der Waals surface area contributed by atoms with Crippen molar-refractivity contribution in [2.24, 2.45) is 0 Å². The lowest BCUT2D eigenvalue weighted by molar-refractivity contribution is 0.416. The fraction of sp³-hybridized carbons (Fsp3) is 0.0526. The first kappa shape index (κ1) is 15.8. The molecule has 4 rings (SSSR count). The minimum absolute atomic E-state index is 0.399. The van der Waals surface area contributed by atoms with E-state index in [9.17, 15) is 4.79 Å². The number of pyridine rings is 2. The molecule has 0 aliphatic rings. The van der Waals surface area contributed by atoms with Gasteiger partial charge in [-0.1, -0.05) is 12.1 Å². The first-order chi connectivity index (χ1) is 12.7. The number of hydrogen-bond acceptors (Lipinski definition) is 6. The number of H-pyrrole nitrogens is 1. The Kier molecular flexibility index (Phi) is 4.03. The highest BCUT2D eigenvalue weighted by Gasteiger charge is 2.08. The SMILES string of the molecule is COc1ccncc1-c1ccc(Nc2[nH]c(=O)nc3ncccc23)cc1. The van der Waals surface area contributed by atoms with Gasteiger partial charge in [0.05, 0.1) is 12.5 Å². The van der Waals surface area contributed by atoms with Crippen molar-refractivity contribution in [1.82, 2.24) is 19.9 Å². The molecule has 3 aromatic heterocycles. The maximum atomic E-state index is 11.7. The Hall–Kier alpha value is -3.74. The average molecular weight is 345 g/mol. The van der Waals surface area contributed by atoms with Gasteiger partial charge in [-0.15, -0.1) is 0 Å². The smallest absolute Gasteiger partial charge is 0.348 e. The summed E-state index contributed by atoms with van der Waals surface area (Å²) >= 11 is 0. The topological polar surface area (TPSA) is 92.8 Å². The van der Waals surface area contributed by atoms with Gasteiger partial charge in [0.25, 0.3) is 0 Å². The molecule has 4 aromatic rings. The molecule has 0 saturated carbocycles. The first-order valence-electron chi connectivity index (χ1n) is 7.95. The summed E-state index contributed by atoms with van der Waals surface area (Å²) in [5.41, 5.74) is 2.67. The van der Waals surface area contributed by atoms with E-state index in [1.807, 2.05) is 36.4 Å². The molecule has 7 heteroatoms. The van der Waals surface area contributed by atoms with E-state index in [0.29, 0.717) is 11.5 Å². The Morgan fingerprint density at radius 1 is 1.08 bits per heavy atom. The summed E-state index contributed by atoms with van der Waals surface area (Å²) < 4.78 is 5.38. The molecule has 0 bridgehead atoms. The van der Waals surface area contributed by atoms with Crippen molar-refractivity contribution in [2.45, 2.75) is 0 Å². The fourth-order valence-corrected chi connectivity index (χ4v) is 2.73. The second kappa shape index (κ2) is 6.64. The van der Waals surface area contributed by atoms with Gasteiger partial charge in [0.1, 0.15) is 11.6 Å². The molecular formula is C19H15N5O2. The van der Waals surface area contributed by atoms with Gasteiger partial charge in [0, 0.05) is 29.8 Å². The highest BCUT2D eigenvalue weighted by molar-refractivity contribution is 5.88. The number of anilines is 2. The standard InChI is InChI=1S/C19H15N5O2/c1-26-16-8-10-20-11-15(16)12-4-6-13(7-5-12)22-18-14-3-2-9-21-17(14)23-19(25)24-18/h2-11H,1H3,(H2,21,22,23,24,25). The molecule has 0 radical (unpaired) electrons. The number of nitrogens with zero attached hydrogens (tertiary/aromatic N) is 3. The lowest BCUT2D eigenvalue weighted by Gasteiger charge is -2.11. The van der Waals surface area contributed by atoms with Crippen LogP contribution >= 0.6 is 0 Å². The monoisotopic (exact) mass is 345 g/mol. The van der Waals surface area contributed by atoms with Crippen molar-refractivity contribution in [3.05, 3.63) is 71.5 Å². The Balaban J connectivity index is 1.68. The van der Waals surface area contributed by atoms with Crippen molar-refractivity contribution in [3.8, 4) is 16.9 Å². The third kappa shape index (κ3) is 2.98. The van der Waals surface area contributed by atoms with E-state index in [0.717, 1.165) is 28.0 Å². The molecule has 26 heavy (non-hydrogen) atoms. The summed E-state index contributed by atoms with van der Waals surface area (Å²) in [4.78, 5) is 26.6. The highest BCUT2D eigenvalue weighted by Crippen LogP contribution is 2.30. The minimum Gasteiger partial charge on any atom is -0.496 e.